The van der Waals surface area contributed by atoms with E-state index in [1.165, 1.54) is 0 Å². The minimum Gasteiger partial charge on any atom is -0.494 e. The van der Waals surface area contributed by atoms with Crippen molar-refractivity contribution in [3.8, 4) is 11.5 Å². The maximum atomic E-state index is 12.6. The lowest BCUT2D eigenvalue weighted by Gasteiger charge is -2.56. The van der Waals surface area contributed by atoms with E-state index in [0.717, 1.165) is 17.5 Å². The Bertz CT molecular complexity index is 2790. The first-order valence-electron chi connectivity index (χ1n) is 27.0. The van der Waals surface area contributed by atoms with Gasteiger partial charge in [-0.25, -0.2) is 0 Å². The number of ether oxygens (including phenoxy) is 2. The van der Waals surface area contributed by atoms with E-state index in [4.69, 9.17) is 76.2 Å². The van der Waals surface area contributed by atoms with Crippen LogP contribution in [0.3, 0.4) is 0 Å². The lowest BCUT2D eigenvalue weighted by Crippen LogP contribution is -2.89. The van der Waals surface area contributed by atoms with Crippen LogP contribution in [-0.2, 0) is 61.1 Å². The molecule has 5 fully saturated rings. The summed E-state index contributed by atoms with van der Waals surface area (Å²) in [5.41, 5.74) is 4.18. The van der Waals surface area contributed by atoms with Gasteiger partial charge in [-0.05, 0) is 104 Å². The van der Waals surface area contributed by atoms with E-state index < -0.39 is 71.9 Å². The van der Waals surface area contributed by atoms with Crippen molar-refractivity contribution in [3.63, 3.8) is 0 Å². The highest BCUT2D eigenvalue weighted by atomic mass is 28.6. The summed E-state index contributed by atoms with van der Waals surface area (Å²) in [7, 11) is -33.8. The van der Waals surface area contributed by atoms with E-state index in [1.807, 2.05) is 45.0 Å². The molecule has 5 heterocycles. The van der Waals surface area contributed by atoms with Crippen LogP contribution in [0.1, 0.15) is 148 Å². The lowest BCUT2D eigenvalue weighted by molar-refractivity contribution is -0.120. The Kier molecular flexibility index (Phi) is 24.8. The summed E-state index contributed by atoms with van der Waals surface area (Å²) in [5.74, 6) is 0.236. The number of hydrogen-bond donors (Lipinski definition) is 9. The molecule has 0 atom stereocenters. The van der Waals surface area contributed by atoms with Crippen LogP contribution in [0.2, 0.25) is 12.1 Å². The third-order valence-corrected chi connectivity index (χ3v) is 36.0. The monoisotopic (exact) mass is 1350 g/mol. The molecule has 476 valence electrons. The Labute approximate surface area is 508 Å². The van der Waals surface area contributed by atoms with Gasteiger partial charge in [0.1, 0.15) is 11.5 Å². The molecule has 0 amide bonds. The predicted molar refractivity (Wildman–Crippen MR) is 317 cm³/mol. The molecule has 0 aliphatic carbocycles. The number of rotatable bonds is 24. The van der Waals surface area contributed by atoms with Crippen LogP contribution in [0.25, 0.3) is 0 Å². The molecule has 86 heavy (non-hydrogen) atoms. The minimum absolute atomic E-state index is 0. The van der Waals surface area contributed by atoms with E-state index in [0.29, 0.717) is 72.6 Å². The van der Waals surface area contributed by atoms with Crippen LogP contribution in [-0.4, -0.2) is 171 Å². The molecular weight excluding hydrogens is 1270 g/mol. The fourth-order valence-electron chi connectivity index (χ4n) is 8.51. The fraction of sp³-hybridized carbons (Fsp3) is 0.451. The van der Waals surface area contributed by atoms with Gasteiger partial charge in [0.2, 0.25) is 0 Å². The van der Waals surface area contributed by atoms with Crippen LogP contribution < -0.4 is 9.47 Å². The third-order valence-electron chi connectivity index (χ3n) is 12.5. The molecule has 4 aromatic carbocycles. The van der Waals surface area contributed by atoms with Gasteiger partial charge in [0, 0.05) is 54.2 Å². The van der Waals surface area contributed by atoms with Gasteiger partial charge in [-0.15, -0.1) is 0 Å². The molecule has 0 spiro atoms. The highest BCUT2D eigenvalue weighted by molar-refractivity contribution is 6.97. The van der Waals surface area contributed by atoms with Crippen molar-refractivity contribution in [2.24, 2.45) is 0 Å². The van der Waals surface area contributed by atoms with Crippen LogP contribution in [0, 0.1) is 0 Å². The summed E-state index contributed by atoms with van der Waals surface area (Å²) in [6.07, 6.45) is 0.665. The number of carbonyl (C=O) groups excluding carboxylic acids is 4. The van der Waals surface area contributed by atoms with Crippen molar-refractivity contribution in [1.29, 1.82) is 0 Å². The molecule has 0 saturated carbocycles. The SMILES string of the molecule is C.CC(C)(C)c1ccc(C(=O)CC(=O)c2ccc(OCCC[Si]34O[Si]5(O)O[Si](O)(O[Si](O)(O5)O3)O4)cc2)cc1.CCO[Si](CCCOc1ccc(C(=O)CC(=O)c2ccc(C(C)(C)C)cc2)cc1)(OCC)OCC.O[Si]1(O)O[Si](O)(O)O[Si](O)(O)O1. The second kappa shape index (κ2) is 29.3. The highest BCUT2D eigenvalue weighted by Gasteiger charge is 2.85. The predicted octanol–water partition coefficient (Wildman–Crippen LogP) is 3.78. The second-order valence-corrected chi connectivity index (χ2v) is 39.8. The zero-order valence-corrected chi connectivity index (χ0v) is 56.4. The van der Waals surface area contributed by atoms with Gasteiger partial charge < -0.3 is 103 Å². The summed E-state index contributed by atoms with van der Waals surface area (Å²) in [5, 5.41) is 0. The maximum absolute atomic E-state index is 12.6. The summed E-state index contributed by atoms with van der Waals surface area (Å²) in [6, 6.07) is 29.0. The van der Waals surface area contributed by atoms with Gasteiger partial charge in [-0.1, -0.05) is 97.5 Å². The van der Waals surface area contributed by atoms with Crippen molar-refractivity contribution >= 4 is 95.0 Å². The molecule has 27 nitrogen and oxygen atoms in total. The standard InChI is InChI=1S/C28H40O6Si.C22H28O12Si4.CH4.H6O9Si3/c1-7-32-35(33-8-2,34-9-3)20-10-19-31-25-17-13-23(14-18-25)27(30)21-26(29)22-11-15-24(16-12-22)28(4,5)6;1-22(2,3)18-9-5-16(6-10-18)20(23)15-21(24)17-7-11-19(12-8-17)28-13-4-14-35-29-36(25)32-37(26,30-35)34-38(27,31-35)33-36;;1-10(2)7-11(3,4)9-12(5,6)8-10/h11-18H,7-10,19-21H2,1-6H3;5-12,25-27H,4,13-15H2,1-3H3;1H4;1-6H. The molecule has 5 aliphatic rings. The summed E-state index contributed by atoms with van der Waals surface area (Å²) >= 11 is 0. The third kappa shape index (κ3) is 21.1. The van der Waals surface area contributed by atoms with Crippen molar-refractivity contribution in [3.05, 3.63) is 130 Å². The molecule has 5 saturated heterocycles. The fourth-order valence-corrected chi connectivity index (χ4v) is 33.8. The van der Waals surface area contributed by atoms with Crippen LogP contribution in [0.5, 0.6) is 11.5 Å². The number of hydrogen-bond acceptors (Lipinski definition) is 27. The molecule has 4 bridgehead atoms. The summed E-state index contributed by atoms with van der Waals surface area (Å²) in [4.78, 5) is 133. The molecule has 0 aromatic heterocycles. The van der Waals surface area contributed by atoms with E-state index in [9.17, 15) is 33.6 Å². The first-order valence-corrected chi connectivity index (χ1v) is 41.0. The van der Waals surface area contributed by atoms with Gasteiger partial charge in [-0.3, -0.25) is 19.2 Å². The summed E-state index contributed by atoms with van der Waals surface area (Å²) in [6.45, 7) is 20.8. The number of Topliss-reactive ketones (excluding diaryl/α,β-unsaturated/α-hetero) is 4. The Balaban J connectivity index is 0.000000261. The lowest BCUT2D eigenvalue weighted by atomic mass is 9.86. The van der Waals surface area contributed by atoms with Gasteiger partial charge >= 0.3 is 71.9 Å². The summed E-state index contributed by atoms with van der Waals surface area (Å²) < 4.78 is 71.4. The van der Waals surface area contributed by atoms with Crippen molar-refractivity contribution in [2.75, 3.05) is 33.0 Å². The van der Waals surface area contributed by atoms with E-state index in [2.05, 4.69) is 53.9 Å². The van der Waals surface area contributed by atoms with Gasteiger partial charge in [0.15, 0.2) is 23.1 Å². The Morgan fingerprint density at radius 1 is 0.419 bits per heavy atom. The molecule has 9 rings (SSSR count). The van der Waals surface area contributed by atoms with E-state index >= 15 is 0 Å². The Morgan fingerprint density at radius 2 is 0.698 bits per heavy atom. The molecule has 5 aliphatic heterocycles. The first-order chi connectivity index (χ1) is 39.5. The smallest absolute Gasteiger partial charge is 0.494 e. The minimum atomic E-state index is -4.86. The van der Waals surface area contributed by atoms with Crippen LogP contribution in [0.15, 0.2) is 97.1 Å². The molecule has 0 unspecified atom stereocenters. The molecular formula is C51H78O27Si8. The largest absolute Gasteiger partial charge is 0.662 e. The van der Waals surface area contributed by atoms with Gasteiger partial charge in [-0.2, -0.15) is 0 Å². The zero-order chi connectivity index (χ0) is 62.9. The molecule has 0 radical (unpaired) electrons. The number of benzene rings is 4. The first kappa shape index (κ1) is 72.8. The van der Waals surface area contributed by atoms with Crippen molar-refractivity contribution in [1.82, 2.24) is 0 Å². The Morgan fingerprint density at radius 3 is 0.977 bits per heavy atom. The topological polar surface area (TPSA) is 380 Å². The van der Waals surface area contributed by atoms with Crippen LogP contribution in [0.4, 0.5) is 0 Å². The molecule has 9 N–H and O–H groups in total. The molecule has 4 aromatic rings. The van der Waals surface area contributed by atoms with E-state index in [-0.39, 0.29) is 66.9 Å². The Hall–Kier alpha value is -3.94. The normalized spacial score (nSPS) is 23.3. The van der Waals surface area contributed by atoms with Crippen molar-refractivity contribution in [2.45, 2.75) is 118 Å². The zero-order valence-electron chi connectivity index (χ0n) is 48.4. The maximum Gasteiger partial charge on any atom is 0.662 e. The highest BCUT2D eigenvalue weighted by Crippen LogP contribution is 2.46. The van der Waals surface area contributed by atoms with Gasteiger partial charge in [0.05, 0.1) is 26.1 Å². The average Bonchev–Trinajstić information content (AvgIpc) is 0.717. The second-order valence-electron chi connectivity index (χ2n) is 21.5. The quantitative estimate of drug-likeness (QED) is 0.0209. The number of ketones is 4. The number of carbonyl (C=O) groups is 4. The van der Waals surface area contributed by atoms with E-state index in [1.54, 1.807) is 72.8 Å². The average molecular weight is 1350 g/mol. The van der Waals surface area contributed by atoms with Crippen LogP contribution >= 0.6 is 0 Å². The van der Waals surface area contributed by atoms with Crippen molar-refractivity contribution < 1.29 is 122 Å². The van der Waals surface area contributed by atoms with Gasteiger partial charge in [0.25, 0.3) is 0 Å². The molecule has 35 heteroatoms.